The lowest BCUT2D eigenvalue weighted by Crippen LogP contribution is -2.54. The molecule has 0 aromatic heterocycles. The Bertz CT molecular complexity index is 1100. The summed E-state index contributed by atoms with van der Waals surface area (Å²) in [4.78, 5) is 27.0. The van der Waals surface area contributed by atoms with Gasteiger partial charge in [0.25, 0.3) is 0 Å². The van der Waals surface area contributed by atoms with Crippen LogP contribution in [0, 0.1) is 17.1 Å². The lowest BCUT2D eigenvalue weighted by molar-refractivity contribution is -0.151. The summed E-state index contributed by atoms with van der Waals surface area (Å²) in [6, 6.07) is 14.3. The summed E-state index contributed by atoms with van der Waals surface area (Å²) in [5.41, 5.74) is -0.245. The van der Waals surface area contributed by atoms with Crippen LogP contribution < -0.4 is 10.1 Å². The van der Waals surface area contributed by atoms with Crippen LogP contribution in [0.2, 0.25) is 0 Å². The van der Waals surface area contributed by atoms with E-state index in [2.05, 4.69) is 24.5 Å². The molecule has 2 amide bonds. The maximum absolute atomic E-state index is 14.1. The highest BCUT2D eigenvalue weighted by Gasteiger charge is 2.34. The molecule has 2 rings (SSSR count). The smallest absolute Gasteiger partial charge is 0.331 e. The number of esters is 1. The number of urea groups is 1. The van der Waals surface area contributed by atoms with Gasteiger partial charge in [0, 0.05) is 5.56 Å². The molecule has 0 bridgehead atoms. The fourth-order valence-electron chi connectivity index (χ4n) is 3.21. The molecule has 0 saturated carbocycles. The van der Waals surface area contributed by atoms with Gasteiger partial charge in [0.15, 0.2) is 0 Å². The summed E-state index contributed by atoms with van der Waals surface area (Å²) in [6.07, 6.45) is -0.797. The molecule has 1 N–H and O–H groups in total. The number of nitrogens with zero attached hydrogens (tertiary/aromatic N) is 2. The number of halogens is 1. The van der Waals surface area contributed by atoms with Crippen molar-refractivity contribution < 1.29 is 28.2 Å². The largest absolute Gasteiger partial charge is 0.496 e. The summed E-state index contributed by atoms with van der Waals surface area (Å²) in [5.74, 6) is -0.825. The first-order valence-electron chi connectivity index (χ1n) is 11.1. The van der Waals surface area contributed by atoms with Gasteiger partial charge < -0.3 is 19.5 Å². The first kappa shape index (κ1) is 28.7. The van der Waals surface area contributed by atoms with Crippen LogP contribution in [0.1, 0.15) is 37.5 Å². The van der Waals surface area contributed by atoms with Crippen LogP contribution in [0.25, 0.3) is 0 Å². The van der Waals surface area contributed by atoms with Crippen LogP contribution in [0.4, 0.5) is 9.18 Å². The molecular weight excluding hydrogens is 485 g/mol. The van der Waals surface area contributed by atoms with E-state index in [4.69, 9.17) is 19.5 Å². The number of hydrogen-bond donors (Lipinski definition) is 2. The van der Waals surface area contributed by atoms with Crippen molar-refractivity contribution in [3.8, 4) is 11.8 Å². The topological polar surface area (TPSA) is 101 Å². The maximum Gasteiger partial charge on any atom is 0.331 e. The zero-order valence-corrected chi connectivity index (χ0v) is 21.4. The fraction of sp³-hybridized carbons (Fsp3) is 0.346. The first-order valence-corrected chi connectivity index (χ1v) is 11.5. The number of nitrogens with one attached hydrogen (secondary N) is 1. The predicted octanol–water partition coefficient (Wildman–Crippen LogP) is 4.74. The van der Waals surface area contributed by atoms with Crippen molar-refractivity contribution in [1.29, 1.82) is 5.26 Å². The second-order valence-electron chi connectivity index (χ2n) is 8.30. The molecule has 0 aliphatic rings. The maximum atomic E-state index is 14.1. The molecule has 0 saturated heterocycles. The number of rotatable bonds is 12. The Kier molecular flexibility index (Phi) is 10.8. The van der Waals surface area contributed by atoms with E-state index in [0.29, 0.717) is 11.3 Å². The van der Waals surface area contributed by atoms with Crippen LogP contribution in [0.15, 0.2) is 60.1 Å². The second-order valence-corrected chi connectivity index (χ2v) is 8.81. The molecule has 8 nitrogen and oxygen atoms in total. The van der Waals surface area contributed by atoms with Gasteiger partial charge in [-0.3, -0.25) is 4.90 Å². The van der Waals surface area contributed by atoms with Gasteiger partial charge in [-0.25, -0.2) is 14.0 Å². The Labute approximate surface area is 216 Å². The average Bonchev–Trinajstić information content (AvgIpc) is 2.84. The molecule has 0 fully saturated rings. The van der Waals surface area contributed by atoms with Gasteiger partial charge in [0.2, 0.25) is 0 Å². The highest BCUT2D eigenvalue weighted by atomic mass is 32.1. The minimum Gasteiger partial charge on any atom is -0.496 e. The summed E-state index contributed by atoms with van der Waals surface area (Å²) in [6.45, 7) is 6.69. The van der Waals surface area contributed by atoms with Gasteiger partial charge in [-0.1, -0.05) is 36.9 Å². The SMILES string of the molecule is C=C(S)N(C[C@H](OCCC#N)c1cc(F)ccc1OC)C(=O)NC(C)(C)C(=O)OCc1ccccc1. The van der Waals surface area contributed by atoms with E-state index in [1.807, 2.05) is 36.4 Å². The van der Waals surface area contributed by atoms with Crippen LogP contribution in [0.5, 0.6) is 5.75 Å². The molecule has 192 valence electrons. The molecule has 0 aliphatic carbocycles. The highest BCUT2D eigenvalue weighted by Crippen LogP contribution is 2.30. The molecule has 1 atom stereocenters. The van der Waals surface area contributed by atoms with E-state index in [1.54, 1.807) is 0 Å². The van der Waals surface area contributed by atoms with Crippen molar-refractivity contribution in [2.75, 3.05) is 20.3 Å². The number of carbonyl (C=O) groups is 2. The number of hydrogen-bond acceptors (Lipinski definition) is 7. The molecule has 0 spiro atoms. The number of nitriles is 1. The minimum absolute atomic E-state index is 0.0344. The lowest BCUT2D eigenvalue weighted by atomic mass is 10.1. The quantitative estimate of drug-likeness (QED) is 0.241. The van der Waals surface area contributed by atoms with E-state index >= 15 is 0 Å². The normalized spacial score (nSPS) is 11.7. The molecular formula is C26H30FN3O5S. The molecule has 2 aromatic rings. The second kappa shape index (κ2) is 13.5. The number of thiol groups is 1. The summed E-state index contributed by atoms with van der Waals surface area (Å²) < 4.78 is 30.6. The monoisotopic (exact) mass is 515 g/mol. The third-order valence-electron chi connectivity index (χ3n) is 5.12. The molecule has 0 unspecified atom stereocenters. The molecule has 2 aromatic carbocycles. The van der Waals surface area contributed by atoms with E-state index < -0.39 is 29.5 Å². The zero-order valence-electron chi connectivity index (χ0n) is 20.5. The molecule has 0 aliphatic heterocycles. The van der Waals surface area contributed by atoms with Gasteiger partial charge in [-0.15, -0.1) is 12.6 Å². The van der Waals surface area contributed by atoms with E-state index in [-0.39, 0.29) is 31.2 Å². The Morgan fingerprint density at radius 1 is 1.25 bits per heavy atom. The van der Waals surface area contributed by atoms with Crippen LogP contribution in [0.3, 0.4) is 0 Å². The van der Waals surface area contributed by atoms with Gasteiger partial charge in [-0.2, -0.15) is 5.26 Å². The van der Waals surface area contributed by atoms with Crippen molar-refractivity contribution in [2.45, 2.75) is 38.5 Å². The molecule has 0 heterocycles. The highest BCUT2D eigenvalue weighted by molar-refractivity contribution is 7.84. The van der Waals surface area contributed by atoms with Crippen molar-refractivity contribution in [1.82, 2.24) is 10.2 Å². The summed E-state index contributed by atoms with van der Waals surface area (Å²) in [5, 5.41) is 11.6. The first-order chi connectivity index (χ1) is 17.1. The zero-order chi connectivity index (χ0) is 26.7. The molecule has 0 radical (unpaired) electrons. The van der Waals surface area contributed by atoms with Gasteiger partial charge in [0.05, 0.1) is 37.8 Å². The van der Waals surface area contributed by atoms with Crippen molar-refractivity contribution >= 4 is 24.6 Å². The Morgan fingerprint density at radius 3 is 2.56 bits per heavy atom. The van der Waals surface area contributed by atoms with E-state index in [0.717, 1.165) is 10.5 Å². The van der Waals surface area contributed by atoms with Crippen molar-refractivity contribution in [2.24, 2.45) is 0 Å². The number of amides is 2. The number of ether oxygens (including phenoxy) is 3. The Morgan fingerprint density at radius 2 is 1.94 bits per heavy atom. The average molecular weight is 516 g/mol. The number of methoxy groups -OCH3 is 1. The van der Waals surface area contributed by atoms with E-state index in [9.17, 15) is 14.0 Å². The van der Waals surface area contributed by atoms with Gasteiger partial charge in [-0.05, 0) is 37.6 Å². The number of benzene rings is 2. The molecule has 10 heteroatoms. The summed E-state index contributed by atoms with van der Waals surface area (Å²) >= 11 is 4.23. The third kappa shape index (κ3) is 8.29. The Balaban J connectivity index is 2.19. The summed E-state index contributed by atoms with van der Waals surface area (Å²) in [7, 11) is 1.43. The van der Waals surface area contributed by atoms with Crippen LogP contribution >= 0.6 is 12.6 Å². The lowest BCUT2D eigenvalue weighted by Gasteiger charge is -2.32. The van der Waals surface area contributed by atoms with Crippen LogP contribution in [-0.2, 0) is 20.9 Å². The van der Waals surface area contributed by atoms with Crippen molar-refractivity contribution in [3.63, 3.8) is 0 Å². The third-order valence-corrected chi connectivity index (χ3v) is 5.36. The van der Waals surface area contributed by atoms with Crippen molar-refractivity contribution in [3.05, 3.63) is 77.1 Å². The van der Waals surface area contributed by atoms with Crippen LogP contribution in [-0.4, -0.2) is 42.7 Å². The van der Waals surface area contributed by atoms with E-state index in [1.165, 1.54) is 39.2 Å². The minimum atomic E-state index is -1.39. The molecule has 36 heavy (non-hydrogen) atoms. The Hall–Kier alpha value is -3.55. The van der Waals surface area contributed by atoms with Gasteiger partial charge in [0.1, 0.15) is 29.8 Å². The predicted molar refractivity (Wildman–Crippen MR) is 136 cm³/mol. The fourth-order valence-corrected chi connectivity index (χ4v) is 3.38. The van der Waals surface area contributed by atoms with Gasteiger partial charge >= 0.3 is 12.0 Å². The number of carbonyl (C=O) groups excluding carboxylic acids is 2. The standard InChI is InChI=1S/C26H30FN3O5S/c1-18(36)30(16-23(34-14-8-13-28)21-15-20(27)11-12-22(21)33-4)25(32)29-26(2,3)24(31)35-17-19-9-6-5-7-10-19/h5-7,9-12,15,23,36H,1,8,14,16-17H2,2-4H3,(H,29,32)/t23-/m0/s1.